The molecule has 9 nitrogen and oxygen atoms in total. The molecule has 34 heavy (non-hydrogen) atoms. The lowest BCUT2D eigenvalue weighted by atomic mass is 9.91. The number of hydrogen-bond donors (Lipinski definition) is 2. The van der Waals surface area contributed by atoms with Gasteiger partial charge >= 0.3 is 12.6 Å². The molecule has 1 saturated heterocycles. The van der Waals surface area contributed by atoms with Crippen molar-refractivity contribution in [1.29, 1.82) is 0 Å². The molecule has 1 atom stereocenters. The summed E-state index contributed by atoms with van der Waals surface area (Å²) < 4.78 is 40.2. The van der Waals surface area contributed by atoms with Crippen molar-refractivity contribution < 1.29 is 37.4 Å². The van der Waals surface area contributed by atoms with E-state index in [4.69, 9.17) is 21.1 Å². The van der Waals surface area contributed by atoms with Crippen LogP contribution in [-0.4, -0.2) is 49.1 Å². The summed E-state index contributed by atoms with van der Waals surface area (Å²) in [6.45, 7) is -1.12. The lowest BCUT2D eigenvalue weighted by Crippen LogP contribution is -2.42. The summed E-state index contributed by atoms with van der Waals surface area (Å²) in [7, 11) is 0. The number of ether oxygens (including phenoxy) is 3. The smallest absolute Gasteiger partial charge is 0.387 e. The number of halogens is 3. The summed E-state index contributed by atoms with van der Waals surface area (Å²) in [5.74, 6) is -0.562. The minimum atomic E-state index is -3.05. The van der Waals surface area contributed by atoms with Crippen molar-refractivity contribution in [3.8, 4) is 17.2 Å². The largest absolute Gasteiger partial charge is 0.490 e. The first kappa shape index (κ1) is 23.6. The Hall–Kier alpha value is -3.60. The van der Waals surface area contributed by atoms with Crippen LogP contribution in [0.1, 0.15) is 18.9 Å². The molecule has 0 aliphatic carbocycles. The van der Waals surface area contributed by atoms with Crippen molar-refractivity contribution in [2.75, 3.05) is 25.1 Å². The number of urea groups is 1. The molecule has 2 heterocycles. The number of carbonyl (C=O) groups is 3. The van der Waals surface area contributed by atoms with Crippen molar-refractivity contribution >= 4 is 35.1 Å². The fourth-order valence-corrected chi connectivity index (χ4v) is 3.85. The van der Waals surface area contributed by atoms with E-state index in [1.54, 1.807) is 18.2 Å². The zero-order chi connectivity index (χ0) is 24.5. The predicted octanol–water partition coefficient (Wildman–Crippen LogP) is 3.51. The maximum Gasteiger partial charge on any atom is 0.387 e. The molecule has 2 aliphatic heterocycles. The van der Waals surface area contributed by atoms with E-state index in [0.717, 1.165) is 4.90 Å². The molecule has 12 heteroatoms. The predicted molar refractivity (Wildman–Crippen MR) is 116 cm³/mol. The van der Waals surface area contributed by atoms with Crippen molar-refractivity contribution in [1.82, 2.24) is 10.2 Å². The topological polar surface area (TPSA) is 106 Å². The second kappa shape index (κ2) is 9.34. The Balaban J connectivity index is 1.46. The quantitative estimate of drug-likeness (QED) is 0.594. The monoisotopic (exact) mass is 495 g/mol. The summed E-state index contributed by atoms with van der Waals surface area (Å²) >= 11 is 5.88. The van der Waals surface area contributed by atoms with Crippen molar-refractivity contribution in [3.63, 3.8) is 0 Å². The minimum Gasteiger partial charge on any atom is -0.490 e. The SMILES string of the molecule is CC1(c2ccc3c(c2)OCCCO3)NC(=O)N(CC(=O)Nc2ccc(OC(F)F)c(Cl)c2)C1=O. The Kier molecular flexibility index (Phi) is 6.47. The summed E-state index contributed by atoms with van der Waals surface area (Å²) in [5, 5.41) is 4.95. The molecule has 1 fully saturated rings. The molecule has 2 aliphatic rings. The molecule has 2 aromatic rings. The first-order valence-corrected chi connectivity index (χ1v) is 10.6. The fraction of sp³-hybridized carbons (Fsp3) is 0.318. The van der Waals surface area contributed by atoms with Gasteiger partial charge in [0.25, 0.3) is 5.91 Å². The summed E-state index contributed by atoms with van der Waals surface area (Å²) in [4.78, 5) is 39.0. The van der Waals surface area contributed by atoms with Gasteiger partial charge in [-0.25, -0.2) is 4.79 Å². The van der Waals surface area contributed by atoms with E-state index in [0.29, 0.717) is 36.7 Å². The van der Waals surface area contributed by atoms with E-state index in [2.05, 4.69) is 15.4 Å². The van der Waals surface area contributed by atoms with Crippen LogP contribution in [0.15, 0.2) is 36.4 Å². The molecule has 0 radical (unpaired) electrons. The van der Waals surface area contributed by atoms with Crippen LogP contribution in [0.25, 0.3) is 0 Å². The van der Waals surface area contributed by atoms with Crippen LogP contribution in [0.3, 0.4) is 0 Å². The third-order valence-corrected chi connectivity index (χ3v) is 5.63. The number of alkyl halides is 2. The van der Waals surface area contributed by atoms with Crippen LogP contribution < -0.4 is 24.8 Å². The second-order valence-electron chi connectivity index (χ2n) is 7.73. The molecule has 0 spiro atoms. The van der Waals surface area contributed by atoms with Gasteiger partial charge in [0.15, 0.2) is 11.5 Å². The minimum absolute atomic E-state index is 0.143. The van der Waals surface area contributed by atoms with E-state index in [9.17, 15) is 23.2 Å². The molecule has 0 bridgehead atoms. The third kappa shape index (κ3) is 4.69. The number of nitrogens with zero attached hydrogens (tertiary/aromatic N) is 1. The van der Waals surface area contributed by atoms with E-state index >= 15 is 0 Å². The van der Waals surface area contributed by atoms with Gasteiger partial charge in [0.2, 0.25) is 5.91 Å². The Morgan fingerprint density at radius 1 is 1.21 bits per heavy atom. The van der Waals surface area contributed by atoms with Gasteiger partial charge in [0.1, 0.15) is 17.8 Å². The molecule has 4 amide bonds. The van der Waals surface area contributed by atoms with Gasteiger partial charge in [-0.1, -0.05) is 17.7 Å². The van der Waals surface area contributed by atoms with Crippen molar-refractivity contribution in [2.24, 2.45) is 0 Å². The number of imide groups is 1. The Morgan fingerprint density at radius 3 is 2.65 bits per heavy atom. The van der Waals surface area contributed by atoms with Crippen LogP contribution in [0, 0.1) is 0 Å². The van der Waals surface area contributed by atoms with E-state index in [1.165, 1.54) is 25.1 Å². The van der Waals surface area contributed by atoms with E-state index < -0.39 is 36.5 Å². The second-order valence-corrected chi connectivity index (χ2v) is 8.14. The van der Waals surface area contributed by atoms with Gasteiger partial charge in [-0.15, -0.1) is 0 Å². The summed E-state index contributed by atoms with van der Waals surface area (Å²) in [5.41, 5.74) is -0.770. The molecular weight excluding hydrogens is 476 g/mol. The number of rotatable bonds is 6. The van der Waals surface area contributed by atoms with Crippen LogP contribution in [0.2, 0.25) is 5.02 Å². The Labute approximate surface area is 197 Å². The normalized spacial score (nSPS) is 19.6. The average molecular weight is 496 g/mol. The zero-order valence-corrected chi connectivity index (χ0v) is 18.7. The molecule has 180 valence electrons. The zero-order valence-electron chi connectivity index (χ0n) is 17.9. The highest BCUT2D eigenvalue weighted by Gasteiger charge is 2.49. The number of nitrogens with one attached hydrogen (secondary N) is 2. The van der Waals surface area contributed by atoms with Crippen LogP contribution in [0.4, 0.5) is 19.3 Å². The number of fused-ring (bicyclic) bond motifs is 1. The average Bonchev–Trinajstić information content (AvgIpc) is 2.94. The first-order valence-electron chi connectivity index (χ1n) is 10.3. The molecule has 1 unspecified atom stereocenters. The van der Waals surface area contributed by atoms with Crippen LogP contribution in [0.5, 0.6) is 17.2 Å². The number of benzene rings is 2. The fourth-order valence-electron chi connectivity index (χ4n) is 3.62. The van der Waals surface area contributed by atoms with Gasteiger partial charge < -0.3 is 24.8 Å². The molecule has 0 saturated carbocycles. The maximum absolute atomic E-state index is 13.1. The third-order valence-electron chi connectivity index (χ3n) is 5.33. The summed E-state index contributed by atoms with van der Waals surface area (Å²) in [6.07, 6.45) is 0.715. The summed E-state index contributed by atoms with van der Waals surface area (Å²) in [6, 6.07) is 7.89. The Bertz CT molecular complexity index is 1150. The van der Waals surface area contributed by atoms with Gasteiger partial charge in [-0.05, 0) is 42.8 Å². The highest BCUT2D eigenvalue weighted by Crippen LogP contribution is 2.36. The number of amides is 4. The maximum atomic E-state index is 13.1. The van der Waals surface area contributed by atoms with Crippen LogP contribution >= 0.6 is 11.6 Å². The van der Waals surface area contributed by atoms with Gasteiger partial charge in [0.05, 0.1) is 18.2 Å². The highest BCUT2D eigenvalue weighted by atomic mass is 35.5. The standard InChI is InChI=1S/C22H20ClF2N3O6/c1-22(12-3-5-16-17(9-12)33-8-2-7-32-16)19(30)28(21(31)27-22)11-18(29)26-13-4-6-15(14(23)10-13)34-20(24)25/h3-6,9-10,20H,2,7-8,11H2,1H3,(H,26,29)(H,27,31). The molecule has 0 aromatic heterocycles. The first-order chi connectivity index (χ1) is 16.2. The van der Waals surface area contributed by atoms with E-state index in [-0.39, 0.29) is 16.5 Å². The molecule has 4 rings (SSSR count). The molecule has 2 aromatic carbocycles. The van der Waals surface area contributed by atoms with Crippen molar-refractivity contribution in [2.45, 2.75) is 25.5 Å². The highest BCUT2D eigenvalue weighted by molar-refractivity contribution is 6.32. The lowest BCUT2D eigenvalue weighted by Gasteiger charge is -2.23. The lowest BCUT2D eigenvalue weighted by molar-refractivity contribution is -0.133. The van der Waals surface area contributed by atoms with E-state index in [1.807, 2.05) is 0 Å². The van der Waals surface area contributed by atoms with Crippen molar-refractivity contribution in [3.05, 3.63) is 47.0 Å². The number of anilines is 1. The number of hydrogen-bond acceptors (Lipinski definition) is 6. The Morgan fingerprint density at radius 2 is 1.94 bits per heavy atom. The number of carbonyl (C=O) groups excluding carboxylic acids is 3. The molecular formula is C22H20ClF2N3O6. The van der Waals surface area contributed by atoms with Crippen LogP contribution in [-0.2, 0) is 15.1 Å². The van der Waals surface area contributed by atoms with Gasteiger partial charge in [0, 0.05) is 12.1 Å². The van der Waals surface area contributed by atoms with Gasteiger partial charge in [-0.2, -0.15) is 8.78 Å². The van der Waals surface area contributed by atoms with Gasteiger partial charge in [-0.3, -0.25) is 14.5 Å². The molecule has 2 N–H and O–H groups in total.